The molecule has 3 aromatic carbocycles. The van der Waals surface area contributed by atoms with Gasteiger partial charge in [0, 0.05) is 70.9 Å². The molecule has 0 amide bonds. The molecule has 9 rings (SSSR count). The lowest BCUT2D eigenvalue weighted by atomic mass is 10.1. The maximum absolute atomic E-state index is 12.8. The first kappa shape index (κ1) is 57.3. The van der Waals surface area contributed by atoms with Gasteiger partial charge in [-0.2, -0.15) is 33.2 Å². The lowest BCUT2D eigenvalue weighted by molar-refractivity contribution is 0.0718. The van der Waals surface area contributed by atoms with Gasteiger partial charge in [-0.25, -0.2) is 33.2 Å². The Morgan fingerprint density at radius 2 is 1.03 bits per heavy atom. The molecule has 0 fully saturated rings. The van der Waals surface area contributed by atoms with Crippen molar-refractivity contribution in [2.24, 2.45) is 21.1 Å². The molecule has 0 spiro atoms. The zero-order valence-corrected chi connectivity index (χ0v) is 44.1. The fourth-order valence-electron chi connectivity index (χ4n) is 6.83. The number of aryl methyl sites for hydroxylation is 5. The molecule has 0 unspecified atom stereocenters. The van der Waals surface area contributed by atoms with Crippen LogP contribution in [0.4, 0.5) is 0 Å². The number of halogens is 6. The highest BCUT2D eigenvalue weighted by atomic mass is 35.5. The summed E-state index contributed by atoms with van der Waals surface area (Å²) in [6.45, 7) is 6.58. The number of tetrazole rings is 3. The Morgan fingerprint density at radius 1 is 0.566 bits per heavy atom. The van der Waals surface area contributed by atoms with Crippen molar-refractivity contribution in [3.05, 3.63) is 172 Å². The van der Waals surface area contributed by atoms with Crippen molar-refractivity contribution in [1.29, 1.82) is 0 Å². The SMILES string of the molecule is C.CCn1[nH]cc(C(=O)c2ccc(Cl)c(-n3nnn(C)c3=O)c2Cl)c1=O.CCn1c(=O)ccn1C(=O)c1ccc(Cl)c(-n2nnn(C)c2=O)c1Cl.CCn1nccc1OC(=O)c1ccc(Cl)c(-n2nnn(C)c2=O)c1Cl. The van der Waals surface area contributed by atoms with Gasteiger partial charge in [-0.3, -0.25) is 23.9 Å². The summed E-state index contributed by atoms with van der Waals surface area (Å²) in [6.07, 6.45) is 4.18. The number of rotatable bonds is 11. The maximum atomic E-state index is 12.8. The van der Waals surface area contributed by atoms with Crippen molar-refractivity contribution in [2.45, 2.75) is 47.8 Å². The monoisotopic (exact) mass is 1160 g/mol. The van der Waals surface area contributed by atoms with E-state index in [9.17, 15) is 38.4 Å². The first-order valence-corrected chi connectivity index (χ1v) is 23.8. The second kappa shape index (κ2) is 23.7. The molecule has 33 heteroatoms. The average Bonchev–Trinajstić information content (AvgIpc) is 4.26. The zero-order chi connectivity index (χ0) is 54.7. The van der Waals surface area contributed by atoms with Gasteiger partial charge in [-0.15, -0.1) is 0 Å². The van der Waals surface area contributed by atoms with E-state index in [2.05, 4.69) is 41.5 Å². The third-order valence-electron chi connectivity index (χ3n) is 10.7. The molecule has 0 saturated carbocycles. The Kier molecular flexibility index (Phi) is 17.9. The van der Waals surface area contributed by atoms with Gasteiger partial charge in [-0.1, -0.05) is 77.0 Å². The molecule has 0 aliphatic heterocycles. The summed E-state index contributed by atoms with van der Waals surface area (Å²) in [5.41, 5.74) is -2.30. The van der Waals surface area contributed by atoms with E-state index in [0.717, 1.165) is 32.8 Å². The number of carbonyl (C=O) groups is 3. The summed E-state index contributed by atoms with van der Waals surface area (Å²) in [4.78, 5) is 98.1. The van der Waals surface area contributed by atoms with Crippen molar-refractivity contribution >= 4 is 87.3 Å². The Hall–Kier alpha value is -7.95. The minimum absolute atomic E-state index is 0. The quantitative estimate of drug-likeness (QED) is 0.139. The first-order valence-electron chi connectivity index (χ1n) is 21.5. The number of aromatic nitrogens is 18. The molecule has 0 aliphatic rings. The maximum Gasteiger partial charge on any atom is 0.368 e. The van der Waals surface area contributed by atoms with Gasteiger partial charge in [0.1, 0.15) is 22.6 Å². The van der Waals surface area contributed by atoms with E-state index in [1.165, 1.54) is 96.2 Å². The number of esters is 1. The number of hydrogen-bond acceptors (Lipinski definition) is 16. The van der Waals surface area contributed by atoms with Crippen LogP contribution in [0, 0.1) is 0 Å². The van der Waals surface area contributed by atoms with E-state index in [0.29, 0.717) is 19.6 Å². The van der Waals surface area contributed by atoms with Crippen LogP contribution >= 0.6 is 69.6 Å². The van der Waals surface area contributed by atoms with Crippen molar-refractivity contribution in [3.8, 4) is 22.9 Å². The first-order chi connectivity index (χ1) is 35.7. The van der Waals surface area contributed by atoms with Crippen molar-refractivity contribution in [2.75, 3.05) is 0 Å². The Morgan fingerprint density at radius 3 is 1.46 bits per heavy atom. The van der Waals surface area contributed by atoms with Crippen LogP contribution in [0.25, 0.3) is 17.1 Å². The van der Waals surface area contributed by atoms with E-state index >= 15 is 0 Å². The number of H-pyrrole nitrogens is 1. The molecule has 76 heavy (non-hydrogen) atoms. The second-order valence-electron chi connectivity index (χ2n) is 15.1. The molecular formula is C43H40Cl6N18O9. The predicted octanol–water partition coefficient (Wildman–Crippen LogP) is 4.30. The smallest absolute Gasteiger partial charge is 0.368 e. The molecule has 27 nitrogen and oxygen atoms in total. The van der Waals surface area contributed by atoms with Gasteiger partial charge in [0.25, 0.3) is 17.0 Å². The van der Waals surface area contributed by atoms with Crippen molar-refractivity contribution in [3.63, 3.8) is 0 Å². The molecule has 398 valence electrons. The summed E-state index contributed by atoms with van der Waals surface area (Å²) in [5.74, 6) is -1.57. The van der Waals surface area contributed by atoms with Crippen LogP contribution < -0.4 is 32.9 Å². The third kappa shape index (κ3) is 10.9. The molecule has 1 N–H and O–H groups in total. The van der Waals surface area contributed by atoms with Gasteiger partial charge in [0.05, 0.1) is 47.5 Å². The van der Waals surface area contributed by atoms with Crippen LogP contribution in [0.5, 0.6) is 5.88 Å². The van der Waals surface area contributed by atoms with Crippen LogP contribution in [-0.2, 0) is 40.8 Å². The molecule has 0 saturated heterocycles. The largest absolute Gasteiger partial charge is 0.404 e. The van der Waals surface area contributed by atoms with E-state index in [4.69, 9.17) is 74.3 Å². The molecular weight excluding hydrogens is 1130 g/mol. The number of aromatic amines is 1. The molecule has 6 aromatic heterocycles. The highest BCUT2D eigenvalue weighted by Gasteiger charge is 2.26. The third-order valence-corrected chi connectivity index (χ3v) is 12.7. The summed E-state index contributed by atoms with van der Waals surface area (Å²) in [6, 6.07) is 11.3. The number of benzene rings is 3. The summed E-state index contributed by atoms with van der Waals surface area (Å²) < 4.78 is 16.2. The Balaban J connectivity index is 0.000000184. The van der Waals surface area contributed by atoms with Crippen LogP contribution in [0.3, 0.4) is 0 Å². The lowest BCUT2D eigenvalue weighted by Gasteiger charge is -2.12. The molecule has 0 bridgehead atoms. The highest BCUT2D eigenvalue weighted by molar-refractivity contribution is 6.41. The Labute approximate surface area is 455 Å². The normalized spacial score (nSPS) is 10.8. The number of carbonyl (C=O) groups excluding carboxylic acids is 3. The van der Waals surface area contributed by atoms with E-state index in [1.807, 2.05) is 6.92 Å². The summed E-state index contributed by atoms with van der Waals surface area (Å²) in [7, 11) is 4.26. The van der Waals surface area contributed by atoms with Crippen LogP contribution in [0.2, 0.25) is 30.1 Å². The van der Waals surface area contributed by atoms with Gasteiger partial charge in [0.15, 0.2) is 0 Å². The average molecular weight is 1170 g/mol. The molecule has 9 aromatic rings. The minimum atomic E-state index is -0.713. The van der Waals surface area contributed by atoms with Gasteiger partial charge in [-0.05, 0) is 88.4 Å². The van der Waals surface area contributed by atoms with E-state index in [-0.39, 0.29) is 88.3 Å². The van der Waals surface area contributed by atoms with Crippen molar-refractivity contribution < 1.29 is 19.1 Å². The number of nitrogens with zero attached hydrogens (tertiary/aromatic N) is 17. The molecule has 0 radical (unpaired) electrons. The van der Waals surface area contributed by atoms with Crippen LogP contribution in [0.15, 0.2) is 91.1 Å². The lowest BCUT2D eigenvalue weighted by Crippen LogP contribution is -2.27. The molecule has 6 heterocycles. The minimum Gasteiger partial charge on any atom is -0.404 e. The summed E-state index contributed by atoms with van der Waals surface area (Å²) in [5, 5.41) is 28.7. The topological polar surface area (TPSA) is 301 Å². The van der Waals surface area contributed by atoms with E-state index < -0.39 is 40.3 Å². The van der Waals surface area contributed by atoms with Gasteiger partial charge < -0.3 is 9.84 Å². The number of nitrogens with one attached hydrogen (secondary N) is 1. The fourth-order valence-corrected chi connectivity index (χ4v) is 8.66. The number of hydrogen-bond donors (Lipinski definition) is 1. The standard InChI is InChI=1S/3C14H12Cl2N6O3.CH4/c1-3-20-10(23)6-7-21(20)13(24)8-4-5-9(15)12(11(8)16)22-14(25)19(2)17-18-22;1-3-21-10(6-7-17-21)25-13(23)8-4-5-9(15)12(11(8)16)22-14(24)20(2)18-19-22;1-3-21-13(24)8(6-17-21)12(23)7-4-5-9(15)11(10(7)16)22-14(25)20(2)18-19-22;/h2*4-7H,3H2,1-2H3;4-6,17H,3H2,1-2H3;1H4. The number of ether oxygens (including phenoxy) is 1. The predicted molar refractivity (Wildman–Crippen MR) is 278 cm³/mol. The molecule has 0 atom stereocenters. The van der Waals surface area contributed by atoms with Gasteiger partial charge >= 0.3 is 23.0 Å². The van der Waals surface area contributed by atoms with E-state index in [1.54, 1.807) is 19.9 Å². The van der Waals surface area contributed by atoms with Crippen LogP contribution in [-0.4, -0.2) is 106 Å². The van der Waals surface area contributed by atoms with Gasteiger partial charge in [0.2, 0.25) is 11.7 Å². The number of ketones is 1. The zero-order valence-electron chi connectivity index (χ0n) is 39.5. The van der Waals surface area contributed by atoms with Crippen LogP contribution in [0.1, 0.15) is 64.8 Å². The fraction of sp³-hybridized carbons (Fsp3) is 0.233. The highest BCUT2D eigenvalue weighted by Crippen LogP contribution is 2.34. The molecule has 0 aliphatic carbocycles. The summed E-state index contributed by atoms with van der Waals surface area (Å²) >= 11 is 37.3. The second-order valence-corrected chi connectivity index (χ2v) is 17.5. The van der Waals surface area contributed by atoms with Crippen molar-refractivity contribution in [1.82, 2.24) is 88.3 Å². The Bertz CT molecular complexity index is 4000.